The highest BCUT2D eigenvalue weighted by molar-refractivity contribution is 5.65. The summed E-state index contributed by atoms with van der Waals surface area (Å²) in [5.41, 5.74) is 8.36. The van der Waals surface area contributed by atoms with Gasteiger partial charge in [0.25, 0.3) is 0 Å². The maximum Gasteiger partial charge on any atom is 0.326 e. The van der Waals surface area contributed by atoms with Crippen molar-refractivity contribution in [1.29, 1.82) is 0 Å². The third-order valence-corrected chi connectivity index (χ3v) is 2.56. The van der Waals surface area contributed by atoms with Crippen molar-refractivity contribution >= 4 is 0 Å². The molecule has 5 heteroatoms. The van der Waals surface area contributed by atoms with Gasteiger partial charge in [-0.2, -0.15) is 0 Å². The number of hydrogen-bond acceptors (Lipinski definition) is 3. The van der Waals surface area contributed by atoms with Crippen LogP contribution in [0.25, 0.3) is 11.3 Å². The van der Waals surface area contributed by atoms with Crippen molar-refractivity contribution in [2.75, 3.05) is 0 Å². The molecule has 1 heterocycles. The highest BCUT2D eigenvalue weighted by atomic mass is 16.3. The molecule has 1 aromatic heterocycles. The van der Waals surface area contributed by atoms with Gasteiger partial charge >= 0.3 is 5.69 Å². The van der Waals surface area contributed by atoms with Gasteiger partial charge in [0.2, 0.25) is 5.88 Å². The number of aromatic hydroxyl groups is 1. The number of H-pyrrole nitrogens is 2. The largest absolute Gasteiger partial charge is 0.493 e. The first kappa shape index (κ1) is 10.5. The topological polar surface area (TPSA) is 94.9 Å². The number of nitrogens with one attached hydrogen (secondary N) is 2. The molecule has 0 saturated carbocycles. The Balaban J connectivity index is 2.53. The number of aromatic nitrogens is 2. The van der Waals surface area contributed by atoms with E-state index in [0.29, 0.717) is 12.2 Å². The van der Waals surface area contributed by atoms with E-state index >= 15 is 0 Å². The summed E-state index contributed by atoms with van der Waals surface area (Å²) in [6, 6.07) is 5.57. The molecule has 1 aromatic carbocycles. The molecular weight excluding hydrogens is 206 g/mol. The second-order valence-corrected chi connectivity index (χ2v) is 3.65. The Morgan fingerprint density at radius 1 is 1.38 bits per heavy atom. The number of rotatable bonds is 2. The van der Waals surface area contributed by atoms with Gasteiger partial charge in [0, 0.05) is 12.1 Å². The summed E-state index contributed by atoms with van der Waals surface area (Å²) in [5, 5.41) is 9.49. The van der Waals surface area contributed by atoms with Crippen LogP contribution in [0.5, 0.6) is 5.88 Å². The molecular formula is C11H13N3O2. The first-order valence-electron chi connectivity index (χ1n) is 4.93. The van der Waals surface area contributed by atoms with Crippen LogP contribution in [0.3, 0.4) is 0 Å². The number of aromatic amines is 2. The normalized spacial score (nSPS) is 10.6. The second kappa shape index (κ2) is 3.86. The molecule has 2 rings (SSSR count). The zero-order valence-corrected chi connectivity index (χ0v) is 8.87. The minimum Gasteiger partial charge on any atom is -0.493 e. The van der Waals surface area contributed by atoms with Crippen molar-refractivity contribution in [2.24, 2.45) is 5.73 Å². The van der Waals surface area contributed by atoms with Gasteiger partial charge in [-0.1, -0.05) is 12.1 Å². The van der Waals surface area contributed by atoms with Gasteiger partial charge in [-0.25, -0.2) is 4.79 Å². The molecule has 0 radical (unpaired) electrons. The molecule has 5 N–H and O–H groups in total. The molecule has 0 fully saturated rings. The van der Waals surface area contributed by atoms with E-state index in [0.717, 1.165) is 16.7 Å². The molecule has 0 aliphatic rings. The minimum absolute atomic E-state index is 0.148. The molecule has 0 bridgehead atoms. The molecule has 0 saturated heterocycles. The lowest BCUT2D eigenvalue weighted by Crippen LogP contribution is -2.01. The molecule has 84 valence electrons. The highest BCUT2D eigenvalue weighted by Crippen LogP contribution is 2.25. The van der Waals surface area contributed by atoms with Gasteiger partial charge in [0.1, 0.15) is 5.69 Å². The highest BCUT2D eigenvalue weighted by Gasteiger charge is 2.09. The van der Waals surface area contributed by atoms with Crippen LogP contribution in [-0.4, -0.2) is 15.1 Å². The number of aryl methyl sites for hydroxylation is 1. The van der Waals surface area contributed by atoms with Gasteiger partial charge in [-0.15, -0.1) is 0 Å². The zero-order chi connectivity index (χ0) is 11.7. The lowest BCUT2D eigenvalue weighted by atomic mass is 10.0. The van der Waals surface area contributed by atoms with Crippen LogP contribution in [0.2, 0.25) is 0 Å². The van der Waals surface area contributed by atoms with Crippen LogP contribution >= 0.6 is 0 Å². The average Bonchev–Trinajstić information content (AvgIpc) is 2.58. The van der Waals surface area contributed by atoms with Crippen molar-refractivity contribution in [3.8, 4) is 17.1 Å². The molecule has 0 aliphatic heterocycles. The number of imidazole rings is 1. The van der Waals surface area contributed by atoms with Crippen LogP contribution in [0.15, 0.2) is 23.0 Å². The van der Waals surface area contributed by atoms with E-state index in [2.05, 4.69) is 9.97 Å². The van der Waals surface area contributed by atoms with Crippen molar-refractivity contribution in [3.63, 3.8) is 0 Å². The van der Waals surface area contributed by atoms with Crippen molar-refractivity contribution in [3.05, 3.63) is 39.8 Å². The predicted molar refractivity (Wildman–Crippen MR) is 61.1 cm³/mol. The first-order chi connectivity index (χ1) is 7.61. The van der Waals surface area contributed by atoms with E-state index < -0.39 is 5.69 Å². The van der Waals surface area contributed by atoms with Crippen LogP contribution in [0, 0.1) is 6.92 Å². The Labute approximate surface area is 91.9 Å². The smallest absolute Gasteiger partial charge is 0.326 e. The van der Waals surface area contributed by atoms with E-state index in [9.17, 15) is 9.90 Å². The van der Waals surface area contributed by atoms with Gasteiger partial charge in [-0.3, -0.25) is 4.98 Å². The average molecular weight is 219 g/mol. The zero-order valence-electron chi connectivity index (χ0n) is 8.87. The van der Waals surface area contributed by atoms with Crippen LogP contribution in [0.1, 0.15) is 11.1 Å². The molecule has 0 unspecified atom stereocenters. The van der Waals surface area contributed by atoms with Gasteiger partial charge in [0.15, 0.2) is 0 Å². The van der Waals surface area contributed by atoms with Crippen LogP contribution < -0.4 is 11.4 Å². The number of hydrogen-bond donors (Lipinski definition) is 4. The molecule has 0 aliphatic carbocycles. The summed E-state index contributed by atoms with van der Waals surface area (Å²) >= 11 is 0. The van der Waals surface area contributed by atoms with E-state index in [1.54, 1.807) is 0 Å². The lowest BCUT2D eigenvalue weighted by Gasteiger charge is -2.05. The van der Waals surface area contributed by atoms with Crippen molar-refractivity contribution in [2.45, 2.75) is 13.5 Å². The van der Waals surface area contributed by atoms with Gasteiger partial charge in [0.05, 0.1) is 0 Å². The maximum atomic E-state index is 11.0. The van der Waals surface area contributed by atoms with Gasteiger partial charge in [-0.05, 0) is 24.1 Å². The van der Waals surface area contributed by atoms with Gasteiger partial charge < -0.3 is 15.8 Å². The molecule has 5 nitrogen and oxygen atoms in total. The Morgan fingerprint density at radius 2 is 2.12 bits per heavy atom. The molecule has 2 aromatic rings. The number of benzene rings is 1. The fraction of sp³-hybridized carbons (Fsp3) is 0.182. The Kier molecular flexibility index (Phi) is 2.54. The SMILES string of the molecule is Cc1cc(-c2[nH]c(=O)[nH]c2O)ccc1CN. The summed E-state index contributed by atoms with van der Waals surface area (Å²) in [7, 11) is 0. The lowest BCUT2D eigenvalue weighted by molar-refractivity contribution is 0.457. The van der Waals surface area contributed by atoms with Crippen molar-refractivity contribution in [1.82, 2.24) is 9.97 Å². The third kappa shape index (κ3) is 1.72. The van der Waals surface area contributed by atoms with E-state index in [4.69, 9.17) is 5.73 Å². The quantitative estimate of drug-likeness (QED) is 0.602. The first-order valence-corrected chi connectivity index (χ1v) is 4.93. The standard InChI is InChI=1S/C11H13N3O2/c1-6-4-7(2-3-8(6)5-12)9-10(15)14-11(16)13-9/h2-4,15H,5,12H2,1H3,(H2,13,14,16). The molecule has 0 amide bonds. The van der Waals surface area contributed by atoms with Crippen LogP contribution in [0.4, 0.5) is 0 Å². The summed E-state index contributed by atoms with van der Waals surface area (Å²) in [6.45, 7) is 2.41. The summed E-state index contributed by atoms with van der Waals surface area (Å²) in [4.78, 5) is 15.8. The summed E-state index contributed by atoms with van der Waals surface area (Å²) < 4.78 is 0. The fourth-order valence-corrected chi connectivity index (χ4v) is 1.66. The third-order valence-electron chi connectivity index (χ3n) is 2.56. The van der Waals surface area contributed by atoms with Crippen LogP contribution in [-0.2, 0) is 6.54 Å². The maximum absolute atomic E-state index is 11.0. The Bertz CT molecular complexity index is 569. The Morgan fingerprint density at radius 3 is 2.62 bits per heavy atom. The predicted octanol–water partition coefficient (Wildman–Crippen LogP) is 0.843. The summed E-state index contributed by atoms with van der Waals surface area (Å²) in [5.74, 6) is -0.148. The fourth-order valence-electron chi connectivity index (χ4n) is 1.66. The van der Waals surface area contributed by atoms with Crippen molar-refractivity contribution < 1.29 is 5.11 Å². The van der Waals surface area contributed by atoms with E-state index in [1.165, 1.54) is 0 Å². The monoisotopic (exact) mass is 219 g/mol. The molecule has 16 heavy (non-hydrogen) atoms. The minimum atomic E-state index is -0.423. The van der Waals surface area contributed by atoms with E-state index in [1.807, 2.05) is 25.1 Å². The number of nitrogens with two attached hydrogens (primary N) is 1. The second-order valence-electron chi connectivity index (χ2n) is 3.65. The summed E-state index contributed by atoms with van der Waals surface area (Å²) in [6.07, 6.45) is 0. The molecule has 0 atom stereocenters. The molecule has 0 spiro atoms. The van der Waals surface area contributed by atoms with E-state index in [-0.39, 0.29) is 5.88 Å². The Hall–Kier alpha value is -2.01.